The summed E-state index contributed by atoms with van der Waals surface area (Å²) in [7, 11) is 1.67. The molecule has 1 rings (SSSR count). The van der Waals surface area contributed by atoms with Crippen molar-refractivity contribution in [3.05, 3.63) is 6.33 Å². The topological polar surface area (TPSA) is 64.1 Å². The molecular formula is C4H7N3O. The van der Waals surface area contributed by atoms with Gasteiger partial charge in [-0.2, -0.15) is 0 Å². The third kappa shape index (κ3) is 0.501. The van der Waals surface area contributed by atoms with E-state index in [0.29, 0.717) is 0 Å². The molecule has 0 radical (unpaired) electrons. The molecule has 3 N–H and O–H groups in total. The molecule has 0 aliphatic heterocycles. The third-order valence-corrected chi connectivity index (χ3v) is 0.933. The van der Waals surface area contributed by atoms with Gasteiger partial charge in [-0.15, -0.1) is 0 Å². The van der Waals surface area contributed by atoms with E-state index in [4.69, 9.17) is 10.8 Å². The van der Waals surface area contributed by atoms with Gasteiger partial charge in [0.15, 0.2) is 5.82 Å². The Morgan fingerprint density at radius 3 is 2.62 bits per heavy atom. The molecule has 1 heterocycles. The molecule has 44 valence electrons. The van der Waals surface area contributed by atoms with Gasteiger partial charge in [-0.3, -0.25) is 0 Å². The normalized spacial score (nSPS) is 9.62. The van der Waals surface area contributed by atoms with Crippen LogP contribution in [0.25, 0.3) is 0 Å². The summed E-state index contributed by atoms with van der Waals surface area (Å²) in [5.41, 5.74) is 5.16. The van der Waals surface area contributed by atoms with Crippen LogP contribution >= 0.6 is 0 Å². The number of nitrogen functional groups attached to an aromatic ring is 1. The Labute approximate surface area is 46.6 Å². The Morgan fingerprint density at radius 2 is 2.50 bits per heavy atom. The smallest absolute Gasteiger partial charge is 0.235 e. The van der Waals surface area contributed by atoms with Crippen molar-refractivity contribution in [1.29, 1.82) is 0 Å². The molecule has 0 aliphatic carbocycles. The summed E-state index contributed by atoms with van der Waals surface area (Å²) in [4.78, 5) is 3.61. The number of nitrogens with two attached hydrogens (primary N) is 1. The molecule has 0 atom stereocenters. The Balaban J connectivity index is 3.19. The fraction of sp³-hybridized carbons (Fsp3) is 0.250. The van der Waals surface area contributed by atoms with Crippen molar-refractivity contribution >= 4 is 5.82 Å². The van der Waals surface area contributed by atoms with E-state index in [1.54, 1.807) is 7.05 Å². The number of aromatic hydroxyl groups is 1. The van der Waals surface area contributed by atoms with E-state index in [2.05, 4.69) is 4.98 Å². The molecule has 1 aromatic rings. The number of aromatic nitrogens is 2. The maximum absolute atomic E-state index is 8.82. The fourth-order valence-electron chi connectivity index (χ4n) is 0.442. The zero-order valence-electron chi connectivity index (χ0n) is 4.50. The molecule has 0 saturated carbocycles. The molecule has 1 aromatic heterocycles. The lowest BCUT2D eigenvalue weighted by Crippen LogP contribution is -1.85. The lowest BCUT2D eigenvalue weighted by atomic mass is 10.7. The molecule has 0 spiro atoms. The number of imidazole rings is 1. The Hall–Kier alpha value is -1.19. The summed E-state index contributed by atoms with van der Waals surface area (Å²) >= 11 is 0. The molecule has 0 unspecified atom stereocenters. The molecule has 0 amide bonds. The van der Waals surface area contributed by atoms with Crippen LogP contribution in [0.15, 0.2) is 6.33 Å². The van der Waals surface area contributed by atoms with Crippen LogP contribution in [0.2, 0.25) is 0 Å². The van der Waals surface area contributed by atoms with E-state index in [0.717, 1.165) is 0 Å². The Kier molecular flexibility index (Phi) is 0.865. The SMILES string of the molecule is Cn1cnc(N)c1O. The minimum Gasteiger partial charge on any atom is -0.492 e. The first-order chi connectivity index (χ1) is 3.72. The predicted octanol–water partition coefficient (Wildman–Crippen LogP) is -0.292. The number of hydrogen-bond donors (Lipinski definition) is 2. The molecular weight excluding hydrogens is 106 g/mol. The van der Waals surface area contributed by atoms with Crippen LogP contribution in [0.5, 0.6) is 5.88 Å². The van der Waals surface area contributed by atoms with Gasteiger partial charge in [-0.05, 0) is 0 Å². The van der Waals surface area contributed by atoms with Crippen molar-refractivity contribution in [2.45, 2.75) is 0 Å². The number of nitrogens with zero attached hydrogens (tertiary/aromatic N) is 2. The minimum atomic E-state index is 0.0185. The number of aryl methyl sites for hydroxylation is 1. The van der Waals surface area contributed by atoms with Gasteiger partial charge in [-0.25, -0.2) is 4.98 Å². The Morgan fingerprint density at radius 1 is 1.88 bits per heavy atom. The van der Waals surface area contributed by atoms with Gasteiger partial charge in [0.25, 0.3) is 0 Å². The van der Waals surface area contributed by atoms with E-state index in [9.17, 15) is 0 Å². The van der Waals surface area contributed by atoms with Gasteiger partial charge in [0, 0.05) is 7.05 Å². The molecule has 0 aliphatic rings. The molecule has 0 bridgehead atoms. The summed E-state index contributed by atoms with van der Waals surface area (Å²) in [6.45, 7) is 0. The van der Waals surface area contributed by atoms with Gasteiger partial charge < -0.3 is 15.4 Å². The highest BCUT2D eigenvalue weighted by Gasteiger charge is 1.98. The van der Waals surface area contributed by atoms with Gasteiger partial charge in [0.2, 0.25) is 5.88 Å². The summed E-state index contributed by atoms with van der Waals surface area (Å²) in [6.07, 6.45) is 1.45. The van der Waals surface area contributed by atoms with Crippen LogP contribution in [-0.4, -0.2) is 14.7 Å². The van der Waals surface area contributed by atoms with Gasteiger partial charge in [-0.1, -0.05) is 0 Å². The first-order valence-corrected chi connectivity index (χ1v) is 2.17. The zero-order valence-corrected chi connectivity index (χ0v) is 4.50. The van der Waals surface area contributed by atoms with E-state index in [-0.39, 0.29) is 11.7 Å². The Bertz CT molecular complexity index is 174. The molecule has 4 nitrogen and oxygen atoms in total. The summed E-state index contributed by atoms with van der Waals surface area (Å²) in [6, 6.07) is 0. The molecule has 0 saturated heterocycles. The summed E-state index contributed by atoms with van der Waals surface area (Å²) in [5, 5.41) is 8.82. The second-order valence-corrected chi connectivity index (χ2v) is 1.56. The summed E-state index contributed by atoms with van der Waals surface area (Å²) < 4.78 is 1.44. The minimum absolute atomic E-state index is 0.0185. The van der Waals surface area contributed by atoms with Crippen molar-refractivity contribution in [2.24, 2.45) is 7.05 Å². The van der Waals surface area contributed by atoms with E-state index < -0.39 is 0 Å². The number of anilines is 1. The van der Waals surface area contributed by atoms with Crippen LogP contribution in [-0.2, 0) is 7.05 Å². The first-order valence-electron chi connectivity index (χ1n) is 2.17. The summed E-state index contributed by atoms with van der Waals surface area (Å²) in [5.74, 6) is 0.192. The van der Waals surface area contributed by atoms with Crippen LogP contribution < -0.4 is 5.73 Å². The third-order valence-electron chi connectivity index (χ3n) is 0.933. The number of rotatable bonds is 0. The monoisotopic (exact) mass is 113 g/mol. The van der Waals surface area contributed by atoms with Gasteiger partial charge >= 0.3 is 0 Å². The van der Waals surface area contributed by atoms with Crippen LogP contribution in [0, 0.1) is 0 Å². The average molecular weight is 113 g/mol. The van der Waals surface area contributed by atoms with E-state index in [1.165, 1.54) is 10.9 Å². The van der Waals surface area contributed by atoms with E-state index in [1.807, 2.05) is 0 Å². The van der Waals surface area contributed by atoms with Crippen molar-refractivity contribution in [1.82, 2.24) is 9.55 Å². The molecule has 0 aromatic carbocycles. The van der Waals surface area contributed by atoms with Gasteiger partial charge in [0.1, 0.15) is 0 Å². The van der Waals surface area contributed by atoms with Crippen molar-refractivity contribution < 1.29 is 5.11 Å². The second kappa shape index (κ2) is 1.40. The van der Waals surface area contributed by atoms with Crippen LogP contribution in [0.3, 0.4) is 0 Å². The highest BCUT2D eigenvalue weighted by atomic mass is 16.3. The zero-order chi connectivity index (χ0) is 6.15. The van der Waals surface area contributed by atoms with Crippen molar-refractivity contribution in [3.8, 4) is 5.88 Å². The maximum atomic E-state index is 8.82. The average Bonchev–Trinajstić information content (AvgIpc) is 1.98. The maximum Gasteiger partial charge on any atom is 0.235 e. The molecule has 4 heteroatoms. The first kappa shape index (κ1) is 4.96. The van der Waals surface area contributed by atoms with Crippen LogP contribution in [0.1, 0.15) is 0 Å². The lowest BCUT2D eigenvalue weighted by Gasteiger charge is -1.89. The van der Waals surface area contributed by atoms with Crippen LogP contribution in [0.4, 0.5) is 5.82 Å². The molecule has 0 fully saturated rings. The highest BCUT2D eigenvalue weighted by Crippen LogP contribution is 2.13. The predicted molar refractivity (Wildman–Crippen MR) is 29.3 cm³/mol. The molecule has 8 heavy (non-hydrogen) atoms. The van der Waals surface area contributed by atoms with Crippen molar-refractivity contribution in [3.63, 3.8) is 0 Å². The van der Waals surface area contributed by atoms with Crippen molar-refractivity contribution in [2.75, 3.05) is 5.73 Å². The fourth-order valence-corrected chi connectivity index (χ4v) is 0.442. The lowest BCUT2D eigenvalue weighted by molar-refractivity contribution is 0.434. The van der Waals surface area contributed by atoms with Gasteiger partial charge in [0.05, 0.1) is 6.33 Å². The number of hydrogen-bond acceptors (Lipinski definition) is 3. The highest BCUT2D eigenvalue weighted by molar-refractivity contribution is 5.39. The largest absolute Gasteiger partial charge is 0.492 e. The standard InChI is InChI=1S/C4H7N3O/c1-7-2-6-3(5)4(7)8/h2,8H,5H2,1H3. The quantitative estimate of drug-likeness (QED) is 0.485. The van der Waals surface area contributed by atoms with E-state index >= 15 is 0 Å². The second-order valence-electron chi connectivity index (χ2n) is 1.56.